The smallest absolute Gasteiger partial charge is 0.251 e. The summed E-state index contributed by atoms with van der Waals surface area (Å²) in [6.07, 6.45) is 1.13. The van der Waals surface area contributed by atoms with Gasteiger partial charge in [0.05, 0.1) is 6.10 Å². The number of benzene rings is 1. The van der Waals surface area contributed by atoms with Crippen molar-refractivity contribution in [3.63, 3.8) is 0 Å². The van der Waals surface area contributed by atoms with Gasteiger partial charge in [0.2, 0.25) is 0 Å². The van der Waals surface area contributed by atoms with Crippen LogP contribution in [0.5, 0.6) is 0 Å². The zero-order valence-corrected chi connectivity index (χ0v) is 8.73. The van der Waals surface area contributed by atoms with Gasteiger partial charge in [0.25, 0.3) is 5.91 Å². The SMILES string of the molecule is Cc1ccc(C(=O)NC2CC(O)C2)cc1. The maximum absolute atomic E-state index is 11.7. The first-order valence-corrected chi connectivity index (χ1v) is 5.21. The zero-order valence-electron chi connectivity index (χ0n) is 8.73. The van der Waals surface area contributed by atoms with Gasteiger partial charge in [0.15, 0.2) is 0 Å². The van der Waals surface area contributed by atoms with Crippen LogP contribution in [-0.2, 0) is 0 Å². The topological polar surface area (TPSA) is 49.3 Å². The fourth-order valence-electron chi connectivity index (χ4n) is 1.68. The number of hydrogen-bond acceptors (Lipinski definition) is 2. The third-order valence-corrected chi connectivity index (χ3v) is 2.76. The number of carbonyl (C=O) groups excluding carboxylic acids is 1. The summed E-state index contributed by atoms with van der Waals surface area (Å²) >= 11 is 0. The highest BCUT2D eigenvalue weighted by Gasteiger charge is 2.28. The van der Waals surface area contributed by atoms with Crippen molar-refractivity contribution in [2.45, 2.75) is 31.9 Å². The molecule has 0 atom stereocenters. The molecule has 0 aromatic heterocycles. The Labute approximate surface area is 89.1 Å². The van der Waals surface area contributed by atoms with Gasteiger partial charge in [-0.25, -0.2) is 0 Å². The predicted octanol–water partition coefficient (Wildman–Crippen LogP) is 1.25. The van der Waals surface area contributed by atoms with Crippen molar-refractivity contribution in [2.75, 3.05) is 0 Å². The second-order valence-electron chi connectivity index (χ2n) is 4.16. The largest absolute Gasteiger partial charge is 0.393 e. The third kappa shape index (κ3) is 2.36. The van der Waals surface area contributed by atoms with Gasteiger partial charge < -0.3 is 10.4 Å². The van der Waals surface area contributed by atoms with E-state index < -0.39 is 0 Å². The number of hydrogen-bond donors (Lipinski definition) is 2. The van der Waals surface area contributed by atoms with Gasteiger partial charge in [-0.1, -0.05) is 17.7 Å². The first-order valence-electron chi connectivity index (χ1n) is 5.21. The van der Waals surface area contributed by atoms with Gasteiger partial charge >= 0.3 is 0 Å². The van der Waals surface area contributed by atoms with E-state index in [9.17, 15) is 4.79 Å². The minimum atomic E-state index is -0.228. The number of aliphatic hydroxyl groups excluding tert-OH is 1. The van der Waals surface area contributed by atoms with Crippen LogP contribution in [-0.4, -0.2) is 23.2 Å². The number of aliphatic hydroxyl groups is 1. The summed E-state index contributed by atoms with van der Waals surface area (Å²) in [7, 11) is 0. The van der Waals surface area contributed by atoms with E-state index in [4.69, 9.17) is 5.11 Å². The number of aryl methyl sites for hydroxylation is 1. The molecular weight excluding hydrogens is 190 g/mol. The van der Waals surface area contributed by atoms with Crippen LogP contribution >= 0.6 is 0 Å². The fraction of sp³-hybridized carbons (Fsp3) is 0.417. The molecule has 2 N–H and O–H groups in total. The highest BCUT2D eigenvalue weighted by atomic mass is 16.3. The van der Waals surface area contributed by atoms with E-state index in [1.165, 1.54) is 0 Å². The quantitative estimate of drug-likeness (QED) is 0.763. The summed E-state index contributed by atoms with van der Waals surface area (Å²) in [4.78, 5) is 11.7. The number of carbonyl (C=O) groups is 1. The van der Waals surface area contributed by atoms with Crippen LogP contribution in [0.2, 0.25) is 0 Å². The second kappa shape index (κ2) is 4.03. The first-order chi connectivity index (χ1) is 7.15. The Kier molecular flexibility index (Phi) is 2.73. The van der Waals surface area contributed by atoms with Crippen LogP contribution in [0.3, 0.4) is 0 Å². The number of nitrogens with one attached hydrogen (secondary N) is 1. The van der Waals surface area contributed by atoms with Gasteiger partial charge in [-0.2, -0.15) is 0 Å². The molecule has 1 fully saturated rings. The Hall–Kier alpha value is -1.35. The van der Waals surface area contributed by atoms with E-state index in [1.807, 2.05) is 31.2 Å². The Morgan fingerprint density at radius 1 is 1.33 bits per heavy atom. The molecule has 15 heavy (non-hydrogen) atoms. The molecule has 1 aliphatic rings. The highest BCUT2D eigenvalue weighted by Crippen LogP contribution is 2.19. The molecule has 0 aliphatic heterocycles. The lowest BCUT2D eigenvalue weighted by Gasteiger charge is -2.31. The van der Waals surface area contributed by atoms with E-state index in [-0.39, 0.29) is 18.1 Å². The number of rotatable bonds is 2. The van der Waals surface area contributed by atoms with Crippen molar-refractivity contribution in [1.82, 2.24) is 5.32 Å². The standard InChI is InChI=1S/C12H15NO2/c1-8-2-4-9(5-3-8)12(15)13-10-6-11(14)7-10/h2-5,10-11,14H,6-7H2,1H3,(H,13,15). The molecule has 0 radical (unpaired) electrons. The lowest BCUT2D eigenvalue weighted by molar-refractivity contribution is 0.0562. The molecule has 3 heteroatoms. The van der Waals surface area contributed by atoms with Gasteiger partial charge in [-0.3, -0.25) is 4.79 Å². The Balaban J connectivity index is 1.93. The van der Waals surface area contributed by atoms with E-state index in [2.05, 4.69) is 5.32 Å². The summed E-state index contributed by atoms with van der Waals surface area (Å²) in [5, 5.41) is 12.0. The molecule has 0 unspecified atom stereocenters. The summed E-state index contributed by atoms with van der Waals surface area (Å²) in [6.45, 7) is 1.99. The Morgan fingerprint density at radius 2 is 1.93 bits per heavy atom. The van der Waals surface area contributed by atoms with Gasteiger partial charge in [0.1, 0.15) is 0 Å². The zero-order chi connectivity index (χ0) is 10.8. The summed E-state index contributed by atoms with van der Waals surface area (Å²) in [5.74, 6) is -0.0492. The molecule has 1 amide bonds. The van der Waals surface area contributed by atoms with Gasteiger partial charge in [0, 0.05) is 11.6 Å². The van der Waals surface area contributed by atoms with Crippen LogP contribution in [0, 0.1) is 6.92 Å². The molecule has 0 heterocycles. The Bertz CT molecular complexity index is 352. The molecule has 80 valence electrons. The van der Waals surface area contributed by atoms with E-state index in [0.29, 0.717) is 18.4 Å². The monoisotopic (exact) mass is 205 g/mol. The van der Waals surface area contributed by atoms with Crippen molar-refractivity contribution in [3.8, 4) is 0 Å². The van der Waals surface area contributed by atoms with E-state index >= 15 is 0 Å². The molecular formula is C12H15NO2. The van der Waals surface area contributed by atoms with Crippen molar-refractivity contribution >= 4 is 5.91 Å². The molecule has 3 nitrogen and oxygen atoms in total. The van der Waals surface area contributed by atoms with Crippen molar-refractivity contribution in [1.29, 1.82) is 0 Å². The van der Waals surface area contributed by atoms with Crippen LogP contribution < -0.4 is 5.32 Å². The molecule has 2 rings (SSSR count). The maximum Gasteiger partial charge on any atom is 0.251 e. The van der Waals surface area contributed by atoms with Crippen molar-refractivity contribution in [3.05, 3.63) is 35.4 Å². The average Bonchev–Trinajstić information content (AvgIpc) is 2.16. The predicted molar refractivity (Wildman–Crippen MR) is 57.7 cm³/mol. The highest BCUT2D eigenvalue weighted by molar-refractivity contribution is 5.94. The molecule has 0 saturated heterocycles. The summed E-state index contributed by atoms with van der Waals surface area (Å²) in [5.41, 5.74) is 1.83. The summed E-state index contributed by atoms with van der Waals surface area (Å²) in [6, 6.07) is 7.63. The summed E-state index contributed by atoms with van der Waals surface area (Å²) < 4.78 is 0. The average molecular weight is 205 g/mol. The minimum Gasteiger partial charge on any atom is -0.393 e. The van der Waals surface area contributed by atoms with Crippen molar-refractivity contribution < 1.29 is 9.90 Å². The first kappa shape index (κ1) is 10.2. The molecule has 0 spiro atoms. The Morgan fingerprint density at radius 3 is 2.47 bits per heavy atom. The van der Waals surface area contributed by atoms with Crippen LogP contribution in [0.15, 0.2) is 24.3 Å². The molecule has 1 saturated carbocycles. The van der Waals surface area contributed by atoms with Crippen molar-refractivity contribution in [2.24, 2.45) is 0 Å². The van der Waals surface area contributed by atoms with E-state index in [0.717, 1.165) is 5.56 Å². The fourth-order valence-corrected chi connectivity index (χ4v) is 1.68. The lowest BCUT2D eigenvalue weighted by atomic mass is 9.89. The minimum absolute atomic E-state index is 0.0492. The molecule has 1 aromatic carbocycles. The number of amides is 1. The van der Waals surface area contributed by atoms with Crippen LogP contribution in [0.25, 0.3) is 0 Å². The van der Waals surface area contributed by atoms with Crippen LogP contribution in [0.1, 0.15) is 28.8 Å². The molecule has 1 aromatic rings. The van der Waals surface area contributed by atoms with Gasteiger partial charge in [-0.05, 0) is 31.9 Å². The lowest BCUT2D eigenvalue weighted by Crippen LogP contribution is -2.46. The third-order valence-electron chi connectivity index (χ3n) is 2.76. The van der Waals surface area contributed by atoms with Crippen LogP contribution in [0.4, 0.5) is 0 Å². The van der Waals surface area contributed by atoms with E-state index in [1.54, 1.807) is 0 Å². The molecule has 1 aliphatic carbocycles. The van der Waals surface area contributed by atoms with Gasteiger partial charge in [-0.15, -0.1) is 0 Å². The maximum atomic E-state index is 11.7. The normalized spacial score (nSPS) is 24.4. The second-order valence-corrected chi connectivity index (χ2v) is 4.16. The molecule has 0 bridgehead atoms.